The minimum Gasteiger partial charge on any atom is -0.308 e. The fourth-order valence-corrected chi connectivity index (χ4v) is 4.39. The van der Waals surface area contributed by atoms with Crippen molar-refractivity contribution in [3.63, 3.8) is 0 Å². The van der Waals surface area contributed by atoms with E-state index in [0.29, 0.717) is 0 Å². The molecule has 0 bridgehead atoms. The fourth-order valence-electron chi connectivity index (χ4n) is 2.84. The highest BCUT2D eigenvalue weighted by atomic mass is 127. The molecule has 4 rings (SSSR count). The van der Waals surface area contributed by atoms with Gasteiger partial charge in [-0.25, -0.2) is 0 Å². The van der Waals surface area contributed by atoms with Crippen molar-refractivity contribution in [2.24, 2.45) is 0 Å². The predicted octanol–water partition coefficient (Wildman–Crippen LogP) is 6.15. The minimum absolute atomic E-state index is 1.11. The third-order valence-corrected chi connectivity index (χ3v) is 5.09. The van der Waals surface area contributed by atoms with E-state index in [1.807, 2.05) is 0 Å². The molecule has 3 aromatic carbocycles. The largest absolute Gasteiger partial charge is 0.308 e. The lowest BCUT2D eigenvalue weighted by Crippen LogP contribution is -1.96. The second-order valence-electron chi connectivity index (χ2n) is 4.97. The molecule has 0 unspecified atom stereocenters. The molecule has 0 radical (unpaired) electrons. The van der Waals surface area contributed by atoms with E-state index in [9.17, 15) is 0 Å². The van der Waals surface area contributed by atoms with Crippen LogP contribution in [0.3, 0.4) is 0 Å². The fraction of sp³-hybridized carbons (Fsp3) is 0. The highest BCUT2D eigenvalue weighted by molar-refractivity contribution is 14.1. The van der Waals surface area contributed by atoms with Crippen LogP contribution in [0.15, 0.2) is 71.2 Å². The molecule has 1 nitrogen and oxygen atoms in total. The smallest absolute Gasteiger partial charge is 0.0596 e. The summed E-state index contributed by atoms with van der Waals surface area (Å²) in [5, 5.41) is 2.60. The zero-order chi connectivity index (χ0) is 14.4. The maximum atomic E-state index is 3.54. The summed E-state index contributed by atoms with van der Waals surface area (Å²) in [6.07, 6.45) is 0. The van der Waals surface area contributed by atoms with E-state index < -0.39 is 0 Å². The van der Waals surface area contributed by atoms with E-state index in [0.717, 1.165) is 4.47 Å². The van der Waals surface area contributed by atoms with Gasteiger partial charge in [-0.15, -0.1) is 0 Å². The molecule has 1 aromatic heterocycles. The van der Waals surface area contributed by atoms with Gasteiger partial charge in [0.2, 0.25) is 0 Å². The van der Waals surface area contributed by atoms with Crippen LogP contribution >= 0.6 is 38.5 Å². The van der Waals surface area contributed by atoms with Crippen LogP contribution in [0.2, 0.25) is 0 Å². The lowest BCUT2D eigenvalue weighted by Gasteiger charge is -2.10. The summed E-state index contributed by atoms with van der Waals surface area (Å²) in [7, 11) is 0. The summed E-state index contributed by atoms with van der Waals surface area (Å²) < 4.78 is 4.68. The van der Waals surface area contributed by atoms with Gasteiger partial charge < -0.3 is 4.57 Å². The van der Waals surface area contributed by atoms with Crippen molar-refractivity contribution in [2.75, 3.05) is 0 Å². The van der Waals surface area contributed by atoms with Crippen LogP contribution in [-0.2, 0) is 0 Å². The molecule has 0 atom stereocenters. The average Bonchev–Trinajstić information content (AvgIpc) is 2.82. The Morgan fingerprint density at radius 2 is 1.33 bits per heavy atom. The molecular formula is C18H11BrIN. The number of halogens is 2. The molecule has 4 aromatic rings. The third kappa shape index (κ3) is 2.10. The van der Waals surface area contributed by atoms with Gasteiger partial charge in [0.25, 0.3) is 0 Å². The van der Waals surface area contributed by atoms with Gasteiger partial charge in [-0.05, 0) is 52.9 Å². The third-order valence-electron chi connectivity index (χ3n) is 3.73. The van der Waals surface area contributed by atoms with Crippen molar-refractivity contribution in [1.82, 2.24) is 4.57 Å². The Bertz CT molecular complexity index is 918. The molecule has 0 spiro atoms. The van der Waals surface area contributed by atoms with E-state index >= 15 is 0 Å². The number of rotatable bonds is 1. The Morgan fingerprint density at radius 1 is 0.762 bits per heavy atom. The van der Waals surface area contributed by atoms with E-state index in [4.69, 9.17) is 0 Å². The number of fused-ring (bicyclic) bond motifs is 3. The molecule has 21 heavy (non-hydrogen) atoms. The highest BCUT2D eigenvalue weighted by Gasteiger charge is 2.13. The lowest BCUT2D eigenvalue weighted by molar-refractivity contribution is 1.16. The molecule has 0 amide bonds. The van der Waals surface area contributed by atoms with Crippen LogP contribution in [0.1, 0.15) is 0 Å². The van der Waals surface area contributed by atoms with Gasteiger partial charge in [0.05, 0.1) is 16.7 Å². The van der Waals surface area contributed by atoms with Gasteiger partial charge in [0.15, 0.2) is 0 Å². The minimum atomic E-state index is 1.11. The van der Waals surface area contributed by atoms with Crippen LogP contribution in [0.25, 0.3) is 27.5 Å². The standard InChI is InChI=1S/C18H11BrIN/c19-12-9-10-18(15(20)11-12)21-16-7-3-1-5-13(16)14-6-2-4-8-17(14)21/h1-11H. The number of para-hydroxylation sites is 2. The molecule has 0 fully saturated rings. The average molecular weight is 448 g/mol. The maximum Gasteiger partial charge on any atom is 0.0596 e. The monoisotopic (exact) mass is 447 g/mol. The van der Waals surface area contributed by atoms with Gasteiger partial charge in [-0.1, -0.05) is 52.3 Å². The summed E-state index contributed by atoms with van der Waals surface area (Å²) in [5.74, 6) is 0. The number of aromatic nitrogens is 1. The molecule has 0 aliphatic rings. The summed E-state index contributed by atoms with van der Waals surface area (Å²) in [5.41, 5.74) is 3.72. The maximum absolute atomic E-state index is 3.54. The topological polar surface area (TPSA) is 4.93 Å². The van der Waals surface area contributed by atoms with E-state index in [1.165, 1.54) is 31.1 Å². The van der Waals surface area contributed by atoms with Gasteiger partial charge >= 0.3 is 0 Å². The van der Waals surface area contributed by atoms with Crippen LogP contribution in [0, 0.1) is 3.57 Å². The predicted molar refractivity (Wildman–Crippen MR) is 101 cm³/mol. The quantitative estimate of drug-likeness (QED) is 0.308. The van der Waals surface area contributed by atoms with Gasteiger partial charge in [-0.2, -0.15) is 0 Å². The molecule has 3 heteroatoms. The Kier molecular flexibility index (Phi) is 3.27. The Hall–Kier alpha value is -1.33. The molecule has 0 saturated heterocycles. The molecule has 1 heterocycles. The van der Waals surface area contributed by atoms with Crippen LogP contribution in [0.4, 0.5) is 0 Å². The second-order valence-corrected chi connectivity index (χ2v) is 7.04. The van der Waals surface area contributed by atoms with Crippen molar-refractivity contribution in [3.05, 3.63) is 74.8 Å². The van der Waals surface area contributed by atoms with E-state index in [-0.39, 0.29) is 0 Å². The van der Waals surface area contributed by atoms with Gasteiger partial charge in [-0.3, -0.25) is 0 Å². The normalized spacial score (nSPS) is 11.3. The Labute approximate surface area is 144 Å². The number of hydrogen-bond donors (Lipinski definition) is 0. The summed E-state index contributed by atoms with van der Waals surface area (Å²) in [6, 6.07) is 23.6. The molecule has 0 N–H and O–H groups in total. The van der Waals surface area contributed by atoms with Crippen LogP contribution in [-0.4, -0.2) is 4.57 Å². The molecule has 0 aliphatic carbocycles. The lowest BCUT2D eigenvalue weighted by atomic mass is 10.2. The zero-order valence-corrected chi connectivity index (χ0v) is 14.8. The molecular weight excluding hydrogens is 437 g/mol. The van der Waals surface area contributed by atoms with Gasteiger partial charge in [0, 0.05) is 18.8 Å². The SMILES string of the molecule is Brc1ccc(-n2c3ccccc3c3ccccc32)c(I)c1. The number of benzene rings is 3. The Balaban J connectivity index is 2.20. The summed E-state index contributed by atoms with van der Waals surface area (Å²) >= 11 is 5.95. The first-order chi connectivity index (χ1) is 10.3. The molecule has 102 valence electrons. The molecule has 0 aliphatic heterocycles. The molecule has 0 saturated carbocycles. The second kappa shape index (κ2) is 5.14. The Morgan fingerprint density at radius 3 is 1.90 bits per heavy atom. The van der Waals surface area contributed by atoms with Gasteiger partial charge in [0.1, 0.15) is 0 Å². The number of nitrogens with zero attached hydrogens (tertiary/aromatic N) is 1. The van der Waals surface area contributed by atoms with Crippen molar-refractivity contribution >= 4 is 60.3 Å². The first kappa shape index (κ1) is 13.3. The first-order valence-electron chi connectivity index (χ1n) is 6.69. The highest BCUT2D eigenvalue weighted by Crippen LogP contribution is 2.33. The van der Waals surface area contributed by atoms with Crippen LogP contribution < -0.4 is 0 Å². The van der Waals surface area contributed by atoms with Crippen molar-refractivity contribution in [3.8, 4) is 5.69 Å². The van der Waals surface area contributed by atoms with Crippen LogP contribution in [0.5, 0.6) is 0 Å². The summed E-state index contributed by atoms with van der Waals surface area (Å²) in [6.45, 7) is 0. The summed E-state index contributed by atoms with van der Waals surface area (Å²) in [4.78, 5) is 0. The first-order valence-corrected chi connectivity index (χ1v) is 8.56. The van der Waals surface area contributed by atoms with Crippen molar-refractivity contribution < 1.29 is 0 Å². The van der Waals surface area contributed by atoms with E-state index in [2.05, 4.69) is 110 Å². The van der Waals surface area contributed by atoms with Crippen molar-refractivity contribution in [1.29, 1.82) is 0 Å². The van der Waals surface area contributed by atoms with E-state index in [1.54, 1.807) is 0 Å². The van der Waals surface area contributed by atoms with Crippen molar-refractivity contribution in [2.45, 2.75) is 0 Å². The number of hydrogen-bond acceptors (Lipinski definition) is 0. The zero-order valence-electron chi connectivity index (χ0n) is 11.1.